The van der Waals surface area contributed by atoms with Gasteiger partial charge in [0.25, 0.3) is 0 Å². The van der Waals surface area contributed by atoms with Crippen LogP contribution in [0.3, 0.4) is 0 Å². The van der Waals surface area contributed by atoms with Crippen molar-refractivity contribution in [3.05, 3.63) is 0 Å². The molecule has 2 N–H and O–H groups in total. The van der Waals surface area contributed by atoms with Crippen molar-refractivity contribution in [2.75, 3.05) is 13.2 Å². The molecule has 0 heterocycles. The molecule has 0 saturated heterocycles. The van der Waals surface area contributed by atoms with Crippen LogP contribution in [-0.2, 0) is 26.2 Å². The largest absolute Gasteiger partial charge is 0.396 e. The summed E-state index contributed by atoms with van der Waals surface area (Å²) in [5.41, 5.74) is 0. The molecule has 0 aromatic heterocycles. The summed E-state index contributed by atoms with van der Waals surface area (Å²) >= 11 is 0. The van der Waals surface area contributed by atoms with Crippen LogP contribution in [0.1, 0.15) is 26.7 Å². The van der Waals surface area contributed by atoms with Crippen LogP contribution in [-0.4, -0.2) is 23.4 Å². The van der Waals surface area contributed by atoms with E-state index in [1.807, 2.05) is 13.8 Å². The summed E-state index contributed by atoms with van der Waals surface area (Å²) in [6, 6.07) is 0. The van der Waals surface area contributed by atoms with Gasteiger partial charge in [-0.3, -0.25) is 0 Å². The van der Waals surface area contributed by atoms with Crippen LogP contribution >= 0.6 is 24.8 Å². The van der Waals surface area contributed by atoms with Crippen LogP contribution in [0.25, 0.3) is 0 Å². The van der Waals surface area contributed by atoms with Crippen LogP contribution in [0, 0.1) is 0 Å². The Morgan fingerprint density at radius 1 is 0.818 bits per heavy atom. The van der Waals surface area contributed by atoms with Crippen molar-refractivity contribution in [2.24, 2.45) is 0 Å². The first-order valence-electron chi connectivity index (χ1n) is 3.05. The van der Waals surface area contributed by atoms with Crippen molar-refractivity contribution in [3.63, 3.8) is 0 Å². The summed E-state index contributed by atoms with van der Waals surface area (Å²) < 4.78 is 0. The SMILES string of the molecule is CCCO.CCCO.Cl.Cl.[Zr]. The molecule has 11 heavy (non-hydrogen) atoms. The molecule has 2 nitrogen and oxygen atoms in total. The number of rotatable bonds is 2. The molecule has 0 rings (SSSR count). The maximum absolute atomic E-state index is 7.88. The third-order valence-electron chi connectivity index (χ3n) is 0.447. The fourth-order valence-corrected chi connectivity index (χ4v) is 0. The summed E-state index contributed by atoms with van der Waals surface area (Å²) in [5, 5.41) is 15.8. The van der Waals surface area contributed by atoms with E-state index in [1.165, 1.54) is 0 Å². The Labute approximate surface area is 101 Å². The number of aliphatic hydroxyl groups excluding tert-OH is 2. The van der Waals surface area contributed by atoms with Crippen molar-refractivity contribution in [1.82, 2.24) is 0 Å². The Kier molecular flexibility index (Phi) is 113. The normalized spacial score (nSPS) is 5.45. The number of aliphatic hydroxyl groups is 2. The molecule has 0 amide bonds. The Morgan fingerprint density at radius 2 is 0.909 bits per heavy atom. The van der Waals surface area contributed by atoms with Gasteiger partial charge in [-0.1, -0.05) is 13.8 Å². The molecule has 0 saturated carbocycles. The Hall–Kier alpha value is 1.38. The molecule has 0 aromatic rings. The van der Waals surface area contributed by atoms with E-state index in [-0.39, 0.29) is 51.0 Å². The average molecular weight is 284 g/mol. The molecule has 0 aliphatic rings. The number of hydrogen-bond acceptors (Lipinski definition) is 2. The molecule has 5 heteroatoms. The third kappa shape index (κ3) is 87.6. The van der Waals surface area contributed by atoms with E-state index in [2.05, 4.69) is 0 Å². The predicted molar refractivity (Wildman–Crippen MR) is 49.2 cm³/mol. The van der Waals surface area contributed by atoms with Crippen molar-refractivity contribution in [2.45, 2.75) is 26.7 Å². The standard InChI is InChI=1S/2C3H8O.2ClH.Zr/c2*1-2-3-4;;;/h2*4H,2-3H2,1H3;2*1H;. The zero-order valence-corrected chi connectivity index (χ0v) is 11.1. The van der Waals surface area contributed by atoms with Crippen LogP contribution in [0.4, 0.5) is 0 Å². The summed E-state index contributed by atoms with van der Waals surface area (Å²) in [5.74, 6) is 0. The van der Waals surface area contributed by atoms with Crippen molar-refractivity contribution in [3.8, 4) is 0 Å². The van der Waals surface area contributed by atoms with Gasteiger partial charge < -0.3 is 10.2 Å². The quantitative estimate of drug-likeness (QED) is 0.809. The van der Waals surface area contributed by atoms with E-state index in [0.717, 1.165) is 12.8 Å². The first-order valence-corrected chi connectivity index (χ1v) is 3.05. The minimum absolute atomic E-state index is 0. The maximum Gasteiger partial charge on any atom is 0.0428 e. The van der Waals surface area contributed by atoms with Gasteiger partial charge in [0.2, 0.25) is 0 Å². The Morgan fingerprint density at radius 3 is 0.909 bits per heavy atom. The number of halogens is 2. The summed E-state index contributed by atoms with van der Waals surface area (Å²) in [6.07, 6.45) is 1.75. The average Bonchev–Trinajstić information content (AvgIpc) is 1.88. The van der Waals surface area contributed by atoms with Gasteiger partial charge in [0, 0.05) is 39.4 Å². The van der Waals surface area contributed by atoms with E-state index in [0.29, 0.717) is 13.2 Å². The van der Waals surface area contributed by atoms with Crippen molar-refractivity contribution < 1.29 is 36.4 Å². The van der Waals surface area contributed by atoms with E-state index < -0.39 is 0 Å². The van der Waals surface area contributed by atoms with Crippen LogP contribution in [0.2, 0.25) is 0 Å². The first-order chi connectivity index (χ1) is 3.83. The van der Waals surface area contributed by atoms with Gasteiger partial charge in [-0.25, -0.2) is 0 Å². The first kappa shape index (κ1) is 29.4. The molecule has 0 bridgehead atoms. The second kappa shape index (κ2) is 42.3. The minimum atomic E-state index is 0. The predicted octanol–water partition coefficient (Wildman–Crippen LogP) is 1.62. The van der Waals surface area contributed by atoms with E-state index in [4.69, 9.17) is 10.2 Å². The Balaban J connectivity index is -0.0000000171. The van der Waals surface area contributed by atoms with Gasteiger partial charge in [-0.15, -0.1) is 24.8 Å². The van der Waals surface area contributed by atoms with Gasteiger partial charge >= 0.3 is 0 Å². The molecule has 0 spiro atoms. The van der Waals surface area contributed by atoms with Gasteiger partial charge in [0.1, 0.15) is 0 Å². The third-order valence-corrected chi connectivity index (χ3v) is 0.447. The monoisotopic (exact) mass is 282 g/mol. The minimum Gasteiger partial charge on any atom is -0.396 e. The molecular weight excluding hydrogens is 266 g/mol. The summed E-state index contributed by atoms with van der Waals surface area (Å²) in [6.45, 7) is 4.50. The molecule has 0 fully saturated rings. The molecule has 72 valence electrons. The number of hydrogen-bond donors (Lipinski definition) is 2. The fraction of sp³-hybridized carbons (Fsp3) is 1.00. The van der Waals surface area contributed by atoms with Crippen molar-refractivity contribution >= 4 is 24.8 Å². The summed E-state index contributed by atoms with van der Waals surface area (Å²) in [4.78, 5) is 0. The van der Waals surface area contributed by atoms with E-state index >= 15 is 0 Å². The molecule has 0 aliphatic carbocycles. The van der Waals surface area contributed by atoms with Crippen molar-refractivity contribution in [1.29, 1.82) is 0 Å². The molecule has 0 aliphatic heterocycles. The van der Waals surface area contributed by atoms with Gasteiger partial charge in [0.05, 0.1) is 0 Å². The summed E-state index contributed by atoms with van der Waals surface area (Å²) in [7, 11) is 0. The second-order valence-corrected chi connectivity index (χ2v) is 1.45. The van der Waals surface area contributed by atoms with Gasteiger partial charge in [0.15, 0.2) is 0 Å². The van der Waals surface area contributed by atoms with E-state index in [9.17, 15) is 0 Å². The van der Waals surface area contributed by atoms with Gasteiger partial charge in [-0.05, 0) is 12.8 Å². The zero-order chi connectivity index (χ0) is 6.83. The zero-order valence-electron chi connectivity index (χ0n) is 7.04. The van der Waals surface area contributed by atoms with Crippen LogP contribution in [0.15, 0.2) is 0 Å². The molecule has 0 unspecified atom stereocenters. The fourth-order valence-electron chi connectivity index (χ4n) is 0. The van der Waals surface area contributed by atoms with Crippen LogP contribution in [0.5, 0.6) is 0 Å². The smallest absolute Gasteiger partial charge is 0.0428 e. The Bertz CT molecular complexity index is 26.5. The van der Waals surface area contributed by atoms with Crippen LogP contribution < -0.4 is 0 Å². The topological polar surface area (TPSA) is 40.5 Å². The molecule has 0 atom stereocenters. The van der Waals surface area contributed by atoms with Gasteiger partial charge in [-0.2, -0.15) is 0 Å². The molecule has 0 radical (unpaired) electrons. The van der Waals surface area contributed by atoms with E-state index in [1.54, 1.807) is 0 Å². The molecule has 0 aromatic carbocycles. The maximum atomic E-state index is 7.88. The molecular formula is C6H18Cl2O2Zr. The second-order valence-electron chi connectivity index (χ2n) is 1.45.